The normalized spacial score (nSPS) is 12.4. The highest BCUT2D eigenvalue weighted by Crippen LogP contribution is 2.22. The zero-order valence-electron chi connectivity index (χ0n) is 12.1. The Morgan fingerprint density at radius 3 is 2.26 bits per heavy atom. The predicted molar refractivity (Wildman–Crippen MR) is 82.7 cm³/mol. The van der Waals surface area contributed by atoms with E-state index in [1.165, 1.54) is 22.3 Å². The van der Waals surface area contributed by atoms with Gasteiger partial charge in [-0.1, -0.05) is 54.1 Å². The molecule has 0 saturated heterocycles. The van der Waals surface area contributed by atoms with Crippen LogP contribution in [0.5, 0.6) is 0 Å². The van der Waals surface area contributed by atoms with Crippen LogP contribution in [0.1, 0.15) is 28.2 Å². The van der Waals surface area contributed by atoms with Crippen molar-refractivity contribution in [1.29, 1.82) is 0 Å². The van der Waals surface area contributed by atoms with E-state index in [-0.39, 0.29) is 0 Å². The van der Waals surface area contributed by atoms with E-state index in [2.05, 4.69) is 67.7 Å². The molecule has 1 N–H and O–H groups in total. The van der Waals surface area contributed by atoms with Crippen LogP contribution in [0.25, 0.3) is 0 Å². The SMILES string of the molecule is CNCC(Cc1ccccc1C)c1ccc(C)cc1. The van der Waals surface area contributed by atoms with Gasteiger partial charge in [0.15, 0.2) is 0 Å². The van der Waals surface area contributed by atoms with Gasteiger partial charge in [-0.25, -0.2) is 0 Å². The summed E-state index contributed by atoms with van der Waals surface area (Å²) in [5, 5.41) is 3.32. The van der Waals surface area contributed by atoms with Crippen LogP contribution in [-0.2, 0) is 6.42 Å². The molecule has 0 radical (unpaired) electrons. The van der Waals surface area contributed by atoms with Crippen molar-refractivity contribution in [2.24, 2.45) is 0 Å². The summed E-state index contributed by atoms with van der Waals surface area (Å²) in [5.74, 6) is 0.534. The summed E-state index contributed by atoms with van der Waals surface area (Å²) in [4.78, 5) is 0. The van der Waals surface area contributed by atoms with E-state index in [4.69, 9.17) is 0 Å². The number of aryl methyl sites for hydroxylation is 2. The Hall–Kier alpha value is -1.60. The van der Waals surface area contributed by atoms with E-state index in [0.717, 1.165) is 13.0 Å². The van der Waals surface area contributed by atoms with Crippen molar-refractivity contribution >= 4 is 0 Å². The minimum Gasteiger partial charge on any atom is -0.319 e. The molecule has 0 spiro atoms. The fourth-order valence-electron chi connectivity index (χ4n) is 2.50. The van der Waals surface area contributed by atoms with Gasteiger partial charge in [0.1, 0.15) is 0 Å². The fourth-order valence-corrected chi connectivity index (χ4v) is 2.50. The Labute approximate surface area is 116 Å². The number of hydrogen-bond donors (Lipinski definition) is 1. The molecule has 2 aromatic carbocycles. The van der Waals surface area contributed by atoms with E-state index in [1.54, 1.807) is 0 Å². The minimum atomic E-state index is 0.534. The molecule has 2 rings (SSSR count). The van der Waals surface area contributed by atoms with Crippen molar-refractivity contribution in [2.75, 3.05) is 13.6 Å². The largest absolute Gasteiger partial charge is 0.319 e. The van der Waals surface area contributed by atoms with Gasteiger partial charge in [-0.2, -0.15) is 0 Å². The molecule has 0 heterocycles. The second-order valence-electron chi connectivity index (χ2n) is 5.30. The summed E-state index contributed by atoms with van der Waals surface area (Å²) < 4.78 is 0. The van der Waals surface area contributed by atoms with Crippen molar-refractivity contribution in [1.82, 2.24) is 5.32 Å². The van der Waals surface area contributed by atoms with E-state index < -0.39 is 0 Å². The monoisotopic (exact) mass is 253 g/mol. The molecule has 100 valence electrons. The summed E-state index contributed by atoms with van der Waals surface area (Å²) in [6, 6.07) is 17.6. The van der Waals surface area contributed by atoms with Crippen LogP contribution in [0.15, 0.2) is 48.5 Å². The van der Waals surface area contributed by atoms with Gasteiger partial charge in [0.2, 0.25) is 0 Å². The molecule has 0 bridgehead atoms. The van der Waals surface area contributed by atoms with Crippen molar-refractivity contribution in [3.8, 4) is 0 Å². The zero-order valence-corrected chi connectivity index (χ0v) is 12.1. The van der Waals surface area contributed by atoms with E-state index in [1.807, 2.05) is 7.05 Å². The summed E-state index contributed by atoms with van der Waals surface area (Å²) in [5.41, 5.74) is 5.57. The number of nitrogens with one attached hydrogen (secondary N) is 1. The van der Waals surface area contributed by atoms with Crippen molar-refractivity contribution in [2.45, 2.75) is 26.2 Å². The topological polar surface area (TPSA) is 12.0 Å². The van der Waals surface area contributed by atoms with Gasteiger partial charge in [-0.15, -0.1) is 0 Å². The molecule has 2 aromatic rings. The first-order valence-electron chi connectivity index (χ1n) is 6.96. The minimum absolute atomic E-state index is 0.534. The van der Waals surface area contributed by atoms with Crippen LogP contribution in [-0.4, -0.2) is 13.6 Å². The van der Waals surface area contributed by atoms with Crippen molar-refractivity contribution in [3.63, 3.8) is 0 Å². The molecule has 0 aliphatic carbocycles. The van der Waals surface area contributed by atoms with Crippen LogP contribution < -0.4 is 5.32 Å². The quantitative estimate of drug-likeness (QED) is 0.853. The number of rotatable bonds is 5. The maximum Gasteiger partial charge on any atom is 0.00203 e. The van der Waals surface area contributed by atoms with E-state index in [9.17, 15) is 0 Å². The first-order valence-corrected chi connectivity index (χ1v) is 6.96. The second-order valence-corrected chi connectivity index (χ2v) is 5.30. The third-order valence-electron chi connectivity index (χ3n) is 3.73. The Balaban J connectivity index is 2.21. The van der Waals surface area contributed by atoms with Gasteiger partial charge in [0.05, 0.1) is 0 Å². The average molecular weight is 253 g/mol. The first kappa shape index (κ1) is 13.8. The van der Waals surface area contributed by atoms with Crippen molar-refractivity contribution < 1.29 is 0 Å². The lowest BCUT2D eigenvalue weighted by molar-refractivity contribution is 0.624. The lowest BCUT2D eigenvalue weighted by Gasteiger charge is -2.18. The van der Waals surface area contributed by atoms with Gasteiger partial charge in [-0.05, 0) is 44.0 Å². The Morgan fingerprint density at radius 1 is 0.947 bits per heavy atom. The molecule has 1 atom stereocenters. The van der Waals surface area contributed by atoms with Gasteiger partial charge in [-0.3, -0.25) is 0 Å². The third-order valence-corrected chi connectivity index (χ3v) is 3.73. The standard InChI is InChI=1S/C18H23N/c1-14-8-10-16(11-9-14)18(13-19-3)12-17-7-5-4-6-15(17)2/h4-11,18-19H,12-13H2,1-3H3. The maximum absolute atomic E-state index is 3.32. The van der Waals surface area contributed by atoms with Crippen LogP contribution in [0, 0.1) is 13.8 Å². The molecule has 0 aliphatic heterocycles. The molecular weight excluding hydrogens is 230 g/mol. The smallest absolute Gasteiger partial charge is 0.00203 e. The summed E-state index contributed by atoms with van der Waals surface area (Å²) in [7, 11) is 2.03. The molecule has 19 heavy (non-hydrogen) atoms. The molecule has 0 aliphatic rings. The zero-order chi connectivity index (χ0) is 13.7. The molecule has 0 saturated carbocycles. The highest BCUT2D eigenvalue weighted by molar-refractivity contribution is 5.31. The maximum atomic E-state index is 3.32. The molecule has 1 heteroatoms. The molecule has 0 aromatic heterocycles. The molecular formula is C18H23N. The van der Waals surface area contributed by atoms with E-state index >= 15 is 0 Å². The van der Waals surface area contributed by atoms with Crippen LogP contribution in [0.2, 0.25) is 0 Å². The van der Waals surface area contributed by atoms with Gasteiger partial charge in [0.25, 0.3) is 0 Å². The summed E-state index contributed by atoms with van der Waals surface area (Å²) in [6.45, 7) is 5.34. The molecule has 1 nitrogen and oxygen atoms in total. The third kappa shape index (κ3) is 3.68. The average Bonchev–Trinajstić information content (AvgIpc) is 2.42. The Bertz CT molecular complexity index is 513. The lowest BCUT2D eigenvalue weighted by Crippen LogP contribution is -2.19. The molecule has 0 fully saturated rings. The van der Waals surface area contributed by atoms with Gasteiger partial charge >= 0.3 is 0 Å². The Morgan fingerprint density at radius 2 is 1.63 bits per heavy atom. The fraction of sp³-hybridized carbons (Fsp3) is 0.333. The van der Waals surface area contributed by atoms with Crippen LogP contribution >= 0.6 is 0 Å². The van der Waals surface area contributed by atoms with Crippen molar-refractivity contribution in [3.05, 3.63) is 70.8 Å². The van der Waals surface area contributed by atoms with Gasteiger partial charge < -0.3 is 5.32 Å². The first-order chi connectivity index (χ1) is 9.20. The molecule has 1 unspecified atom stereocenters. The highest BCUT2D eigenvalue weighted by Gasteiger charge is 2.12. The Kier molecular flexibility index (Phi) is 4.75. The number of likely N-dealkylation sites (N-methyl/N-ethyl adjacent to an activating group) is 1. The van der Waals surface area contributed by atoms with Gasteiger partial charge in [0, 0.05) is 12.5 Å². The molecule has 0 amide bonds. The van der Waals surface area contributed by atoms with Crippen LogP contribution in [0.3, 0.4) is 0 Å². The van der Waals surface area contributed by atoms with Crippen LogP contribution in [0.4, 0.5) is 0 Å². The van der Waals surface area contributed by atoms with E-state index in [0.29, 0.717) is 5.92 Å². The highest BCUT2D eigenvalue weighted by atomic mass is 14.8. The second kappa shape index (κ2) is 6.53. The number of hydrogen-bond acceptors (Lipinski definition) is 1. The summed E-state index contributed by atoms with van der Waals surface area (Å²) in [6.07, 6.45) is 1.09. The summed E-state index contributed by atoms with van der Waals surface area (Å²) >= 11 is 0. The predicted octanol–water partition coefficient (Wildman–Crippen LogP) is 3.85. The number of benzene rings is 2. The lowest BCUT2D eigenvalue weighted by atomic mass is 9.90.